The number of halogens is 3. The highest BCUT2D eigenvalue weighted by Crippen LogP contribution is 2.34. The first-order valence-corrected chi connectivity index (χ1v) is 10.1. The average molecular weight is 436 g/mol. The summed E-state index contributed by atoms with van der Waals surface area (Å²) < 4.78 is 66.2. The Bertz CT molecular complexity index is 1390. The highest BCUT2D eigenvalue weighted by molar-refractivity contribution is 7.89. The van der Waals surface area contributed by atoms with Crippen LogP contribution in [-0.2, 0) is 23.2 Å². The summed E-state index contributed by atoms with van der Waals surface area (Å²) in [5.74, 6) is -0.199. The number of nitrogens with zero attached hydrogens (tertiary/aromatic N) is 5. The molecule has 3 aromatic heterocycles. The fourth-order valence-electron chi connectivity index (χ4n) is 3.24. The molecule has 0 fully saturated rings. The molecule has 4 aromatic rings. The molecule has 1 aromatic carbocycles. The summed E-state index contributed by atoms with van der Waals surface area (Å²) in [6.45, 7) is 1.82. The van der Waals surface area contributed by atoms with E-state index in [9.17, 15) is 21.6 Å². The lowest BCUT2D eigenvalue weighted by atomic mass is 10.0. The third-order valence-corrected chi connectivity index (χ3v) is 5.44. The van der Waals surface area contributed by atoms with Gasteiger partial charge in [0.05, 0.1) is 23.5 Å². The van der Waals surface area contributed by atoms with Gasteiger partial charge in [0.15, 0.2) is 5.82 Å². The van der Waals surface area contributed by atoms with E-state index in [-0.39, 0.29) is 16.4 Å². The molecule has 0 bridgehead atoms. The van der Waals surface area contributed by atoms with Gasteiger partial charge in [-0.05, 0) is 36.8 Å². The molecule has 8 nitrogen and oxygen atoms in total. The van der Waals surface area contributed by atoms with Gasteiger partial charge in [-0.2, -0.15) is 23.4 Å². The van der Waals surface area contributed by atoms with Crippen LogP contribution in [0.4, 0.5) is 13.2 Å². The zero-order valence-electron chi connectivity index (χ0n) is 15.7. The Hall–Kier alpha value is -3.25. The van der Waals surface area contributed by atoms with Crippen LogP contribution in [0.25, 0.3) is 28.0 Å². The number of benzene rings is 1. The number of sulfonamides is 1. The maximum absolute atomic E-state index is 13.1. The summed E-state index contributed by atoms with van der Waals surface area (Å²) in [4.78, 5) is 3.55. The van der Waals surface area contributed by atoms with Crippen molar-refractivity contribution >= 4 is 20.9 Å². The number of hydrogen-bond donors (Lipinski definition) is 1. The Morgan fingerprint density at radius 3 is 2.57 bits per heavy atom. The van der Waals surface area contributed by atoms with Crippen LogP contribution in [0.2, 0.25) is 0 Å². The van der Waals surface area contributed by atoms with Crippen LogP contribution in [0.15, 0.2) is 47.8 Å². The van der Waals surface area contributed by atoms with Crippen molar-refractivity contribution in [3.8, 4) is 17.1 Å². The van der Waals surface area contributed by atoms with Gasteiger partial charge in [0.1, 0.15) is 10.6 Å². The van der Waals surface area contributed by atoms with Crippen LogP contribution in [0, 0.1) is 6.92 Å². The van der Waals surface area contributed by atoms with Gasteiger partial charge in [-0.3, -0.25) is 4.68 Å². The van der Waals surface area contributed by atoms with Crippen molar-refractivity contribution in [1.82, 2.24) is 24.5 Å². The number of primary sulfonamides is 1. The molecule has 0 spiro atoms. The van der Waals surface area contributed by atoms with Gasteiger partial charge in [0.25, 0.3) is 0 Å². The Morgan fingerprint density at radius 2 is 1.90 bits per heavy atom. The van der Waals surface area contributed by atoms with E-state index in [0.717, 1.165) is 40.2 Å². The fourth-order valence-corrected chi connectivity index (χ4v) is 3.91. The number of pyridine rings is 1. The van der Waals surface area contributed by atoms with Crippen LogP contribution in [-0.4, -0.2) is 33.0 Å². The monoisotopic (exact) mass is 436 g/mol. The Morgan fingerprint density at radius 1 is 1.17 bits per heavy atom. The molecule has 0 radical (unpaired) electrons. The fraction of sp³-hybridized carbons (Fsp3) is 0.167. The molecule has 12 heteroatoms. The number of hydrogen-bond acceptors (Lipinski definition) is 5. The van der Waals surface area contributed by atoms with Crippen molar-refractivity contribution in [2.45, 2.75) is 18.0 Å². The highest BCUT2D eigenvalue weighted by atomic mass is 32.2. The lowest BCUT2D eigenvalue weighted by molar-refractivity contribution is -0.137. The molecule has 0 saturated heterocycles. The van der Waals surface area contributed by atoms with Gasteiger partial charge in [-0.25, -0.2) is 23.2 Å². The third-order valence-electron chi connectivity index (χ3n) is 4.53. The second kappa shape index (κ2) is 6.64. The Balaban J connectivity index is 2.00. The molecule has 0 unspecified atom stereocenters. The predicted molar refractivity (Wildman–Crippen MR) is 102 cm³/mol. The molecule has 3 heterocycles. The number of aryl methyl sites for hydroxylation is 2. The second-order valence-electron chi connectivity index (χ2n) is 6.75. The summed E-state index contributed by atoms with van der Waals surface area (Å²) in [6.07, 6.45) is -0.943. The first-order valence-electron chi connectivity index (χ1n) is 8.54. The number of aromatic nitrogens is 5. The quantitative estimate of drug-likeness (QED) is 0.531. The van der Waals surface area contributed by atoms with E-state index in [2.05, 4.69) is 15.2 Å². The molecule has 0 aliphatic carbocycles. The van der Waals surface area contributed by atoms with Crippen LogP contribution in [0.5, 0.6) is 0 Å². The molecule has 0 atom stereocenters. The van der Waals surface area contributed by atoms with E-state index < -0.39 is 21.8 Å². The predicted octanol–water partition coefficient (Wildman–Crippen LogP) is 2.80. The lowest BCUT2D eigenvalue weighted by Gasteiger charge is -2.08. The largest absolute Gasteiger partial charge is 0.416 e. The van der Waals surface area contributed by atoms with Crippen molar-refractivity contribution in [2.24, 2.45) is 12.2 Å². The molecular weight excluding hydrogens is 421 g/mol. The Kier molecular flexibility index (Phi) is 4.43. The molecule has 0 aliphatic rings. The number of fused-ring (bicyclic) bond motifs is 1. The molecular formula is C18H15F3N6O2S. The smallest absolute Gasteiger partial charge is 0.267 e. The molecule has 156 valence electrons. The van der Waals surface area contributed by atoms with Crippen molar-refractivity contribution < 1.29 is 21.6 Å². The van der Waals surface area contributed by atoms with Gasteiger partial charge in [-0.1, -0.05) is 0 Å². The minimum absolute atomic E-state index is 0.00554. The van der Waals surface area contributed by atoms with Crippen molar-refractivity contribution in [3.05, 3.63) is 54.0 Å². The van der Waals surface area contributed by atoms with Gasteiger partial charge in [0.2, 0.25) is 10.0 Å². The molecule has 30 heavy (non-hydrogen) atoms. The van der Waals surface area contributed by atoms with Crippen molar-refractivity contribution in [1.29, 1.82) is 0 Å². The maximum Gasteiger partial charge on any atom is 0.416 e. The molecule has 2 N–H and O–H groups in total. The standard InChI is InChI=1S/C18H15F3N6O2S/c1-10-5-11-8-24-26(2)17(11)13(6-10)16-14(30(22,28)29)9-27(25-16)15-7-12(3-4-23-15)18(19,20)21/h3-9H,1-2H3,(H2,22,28,29). The first-order chi connectivity index (χ1) is 13.9. The summed E-state index contributed by atoms with van der Waals surface area (Å²) in [7, 11) is -2.56. The van der Waals surface area contributed by atoms with Gasteiger partial charge in [-0.15, -0.1) is 0 Å². The van der Waals surface area contributed by atoms with Gasteiger partial charge >= 0.3 is 6.18 Å². The van der Waals surface area contributed by atoms with E-state index in [4.69, 9.17) is 5.14 Å². The summed E-state index contributed by atoms with van der Waals surface area (Å²) in [5.41, 5.74) is 0.908. The Labute approximate surface area is 168 Å². The van der Waals surface area contributed by atoms with Crippen LogP contribution >= 0.6 is 0 Å². The van der Waals surface area contributed by atoms with Gasteiger partial charge < -0.3 is 0 Å². The number of alkyl halides is 3. The molecule has 0 amide bonds. The SMILES string of the molecule is Cc1cc(-c2nn(-c3cc(C(F)(F)F)ccn3)cc2S(N)(=O)=O)c2c(cnn2C)c1. The average Bonchev–Trinajstić information content (AvgIpc) is 3.25. The normalized spacial score (nSPS) is 12.6. The zero-order valence-corrected chi connectivity index (χ0v) is 16.5. The van der Waals surface area contributed by atoms with E-state index in [0.29, 0.717) is 11.1 Å². The topological polar surface area (TPSA) is 109 Å². The lowest BCUT2D eigenvalue weighted by Crippen LogP contribution is -2.12. The maximum atomic E-state index is 13.1. The first kappa shape index (κ1) is 20.0. The third kappa shape index (κ3) is 3.44. The highest BCUT2D eigenvalue weighted by Gasteiger charge is 2.31. The van der Waals surface area contributed by atoms with Gasteiger partial charge in [0, 0.05) is 24.2 Å². The second-order valence-corrected chi connectivity index (χ2v) is 8.28. The molecule has 0 aliphatic heterocycles. The van der Waals surface area contributed by atoms with Crippen molar-refractivity contribution in [3.63, 3.8) is 0 Å². The van der Waals surface area contributed by atoms with Crippen LogP contribution < -0.4 is 5.14 Å². The van der Waals surface area contributed by atoms with E-state index in [1.807, 2.05) is 13.0 Å². The summed E-state index contributed by atoms with van der Waals surface area (Å²) >= 11 is 0. The van der Waals surface area contributed by atoms with E-state index >= 15 is 0 Å². The summed E-state index contributed by atoms with van der Waals surface area (Å²) in [6, 6.07) is 5.17. The number of nitrogens with two attached hydrogens (primary N) is 1. The van der Waals surface area contributed by atoms with Crippen LogP contribution in [0.3, 0.4) is 0 Å². The number of rotatable bonds is 3. The van der Waals surface area contributed by atoms with Crippen LogP contribution in [0.1, 0.15) is 11.1 Å². The minimum Gasteiger partial charge on any atom is -0.267 e. The van der Waals surface area contributed by atoms with E-state index in [1.54, 1.807) is 24.0 Å². The molecule has 0 saturated carbocycles. The molecule has 4 rings (SSSR count). The minimum atomic E-state index is -4.59. The summed E-state index contributed by atoms with van der Waals surface area (Å²) in [5, 5.41) is 14.5. The zero-order chi connectivity index (χ0) is 21.8. The van der Waals surface area contributed by atoms with E-state index in [1.165, 1.54) is 0 Å². The van der Waals surface area contributed by atoms with Crippen molar-refractivity contribution in [2.75, 3.05) is 0 Å².